The minimum absolute atomic E-state index is 0.416. The Morgan fingerprint density at radius 2 is 2.09 bits per heavy atom. The second kappa shape index (κ2) is 8.10. The molecule has 7 heteroatoms. The van der Waals surface area contributed by atoms with Crippen molar-refractivity contribution < 1.29 is 4.42 Å². The van der Waals surface area contributed by atoms with Gasteiger partial charge in [-0.25, -0.2) is 15.0 Å². The highest BCUT2D eigenvalue weighted by Crippen LogP contribution is 2.17. The largest absolute Gasteiger partial charge is 0.444 e. The van der Waals surface area contributed by atoms with Crippen LogP contribution in [0.5, 0.6) is 0 Å². The molecule has 2 rings (SSSR count). The van der Waals surface area contributed by atoms with E-state index in [0.29, 0.717) is 24.9 Å². The fraction of sp³-hybridized carbons (Fsp3) is 0.562. The van der Waals surface area contributed by atoms with Gasteiger partial charge >= 0.3 is 0 Å². The Morgan fingerprint density at radius 3 is 2.65 bits per heavy atom. The first-order valence-electron chi connectivity index (χ1n) is 7.89. The fourth-order valence-corrected chi connectivity index (χ4v) is 2.82. The molecule has 0 amide bonds. The van der Waals surface area contributed by atoms with E-state index in [2.05, 4.69) is 44.8 Å². The highest BCUT2D eigenvalue weighted by atomic mass is 32.1. The summed E-state index contributed by atoms with van der Waals surface area (Å²) in [5.41, 5.74) is 2.05. The second-order valence-electron chi connectivity index (χ2n) is 5.62. The highest BCUT2D eigenvalue weighted by Gasteiger charge is 2.08. The Labute approximate surface area is 141 Å². The number of oxazole rings is 1. The molecule has 23 heavy (non-hydrogen) atoms. The van der Waals surface area contributed by atoms with Gasteiger partial charge in [-0.05, 0) is 26.7 Å². The summed E-state index contributed by atoms with van der Waals surface area (Å²) >= 11 is 1.67. The topological polar surface area (TPSA) is 75.3 Å². The number of aliphatic imine (C=N–C) groups is 1. The smallest absolute Gasteiger partial charge is 0.216 e. The van der Waals surface area contributed by atoms with Crippen molar-refractivity contribution in [2.45, 2.75) is 53.6 Å². The number of hydrogen-bond acceptors (Lipinski definition) is 5. The summed E-state index contributed by atoms with van der Waals surface area (Å²) in [5, 5.41) is 9.69. The summed E-state index contributed by atoms with van der Waals surface area (Å²) in [6.45, 7) is 12.1. The molecular weight excluding hydrogens is 310 g/mol. The van der Waals surface area contributed by atoms with Gasteiger partial charge < -0.3 is 15.1 Å². The third kappa shape index (κ3) is 5.06. The summed E-state index contributed by atoms with van der Waals surface area (Å²) in [4.78, 5) is 13.5. The zero-order valence-corrected chi connectivity index (χ0v) is 15.3. The minimum Gasteiger partial charge on any atom is -0.444 e. The third-order valence-corrected chi connectivity index (χ3v) is 4.22. The number of rotatable bonds is 6. The molecule has 0 aliphatic carbocycles. The molecule has 0 aliphatic rings. The Kier molecular flexibility index (Phi) is 6.15. The molecule has 0 atom stereocenters. The summed E-state index contributed by atoms with van der Waals surface area (Å²) in [6, 6.07) is 0. The maximum atomic E-state index is 5.55. The fourth-order valence-electron chi connectivity index (χ4n) is 1.93. The van der Waals surface area contributed by atoms with Crippen LogP contribution in [0.4, 0.5) is 0 Å². The first kappa shape index (κ1) is 17.5. The lowest BCUT2D eigenvalue weighted by Crippen LogP contribution is -2.36. The van der Waals surface area contributed by atoms with Crippen LogP contribution in [-0.4, -0.2) is 22.5 Å². The van der Waals surface area contributed by atoms with Crippen molar-refractivity contribution in [3.8, 4) is 0 Å². The normalized spacial score (nSPS) is 12.0. The lowest BCUT2D eigenvalue weighted by atomic mass is 10.2. The molecular formula is C16H25N5OS. The van der Waals surface area contributed by atoms with Crippen molar-refractivity contribution in [3.05, 3.63) is 33.4 Å². The van der Waals surface area contributed by atoms with Crippen LogP contribution >= 0.6 is 11.3 Å². The number of aromatic nitrogens is 2. The van der Waals surface area contributed by atoms with Crippen molar-refractivity contribution in [3.63, 3.8) is 0 Å². The molecule has 0 bridgehead atoms. The quantitative estimate of drug-likeness (QED) is 0.626. The highest BCUT2D eigenvalue weighted by molar-refractivity contribution is 7.09. The van der Waals surface area contributed by atoms with Crippen LogP contribution in [0.1, 0.15) is 54.7 Å². The standard InChI is InChI=1S/C16H25N5OS/c1-6-17-16(18-7-14-20-11(4)12(5)22-14)19-8-15-21-13(9-23-15)10(2)3/h9-10H,6-8H2,1-5H3,(H2,17,18,19). The number of hydrogen-bond donors (Lipinski definition) is 2. The van der Waals surface area contributed by atoms with Crippen molar-refractivity contribution in [1.82, 2.24) is 20.6 Å². The van der Waals surface area contributed by atoms with Gasteiger partial charge in [0.1, 0.15) is 17.3 Å². The van der Waals surface area contributed by atoms with E-state index in [1.54, 1.807) is 11.3 Å². The van der Waals surface area contributed by atoms with Crippen LogP contribution in [0.25, 0.3) is 0 Å². The second-order valence-corrected chi connectivity index (χ2v) is 6.56. The van der Waals surface area contributed by atoms with Crippen LogP contribution in [0, 0.1) is 13.8 Å². The van der Waals surface area contributed by atoms with Gasteiger partial charge in [0.2, 0.25) is 5.89 Å². The van der Waals surface area contributed by atoms with Crippen LogP contribution < -0.4 is 10.6 Å². The Morgan fingerprint density at radius 1 is 1.30 bits per heavy atom. The van der Waals surface area contributed by atoms with Gasteiger partial charge in [0, 0.05) is 11.9 Å². The van der Waals surface area contributed by atoms with E-state index in [-0.39, 0.29) is 0 Å². The Bertz CT molecular complexity index is 640. The van der Waals surface area contributed by atoms with Crippen LogP contribution in [-0.2, 0) is 13.1 Å². The van der Waals surface area contributed by atoms with Crippen molar-refractivity contribution >= 4 is 17.3 Å². The molecule has 0 unspecified atom stereocenters. The molecule has 2 N–H and O–H groups in total. The van der Waals surface area contributed by atoms with Crippen molar-refractivity contribution in [2.24, 2.45) is 4.99 Å². The predicted octanol–water partition coefficient (Wildman–Crippen LogP) is 3.13. The van der Waals surface area contributed by atoms with Gasteiger partial charge in [-0.15, -0.1) is 11.3 Å². The number of nitrogens with zero attached hydrogens (tertiary/aromatic N) is 3. The number of aryl methyl sites for hydroxylation is 2. The zero-order chi connectivity index (χ0) is 16.8. The molecule has 0 aromatic carbocycles. The Hall–Kier alpha value is -1.89. The van der Waals surface area contributed by atoms with Crippen molar-refractivity contribution in [1.29, 1.82) is 0 Å². The maximum absolute atomic E-state index is 5.55. The van der Waals surface area contributed by atoms with Gasteiger partial charge in [0.25, 0.3) is 0 Å². The molecule has 0 fully saturated rings. The zero-order valence-electron chi connectivity index (χ0n) is 14.4. The van der Waals surface area contributed by atoms with Crippen LogP contribution in [0.3, 0.4) is 0 Å². The lowest BCUT2D eigenvalue weighted by molar-refractivity contribution is 0.473. The average molecular weight is 335 g/mol. The van der Waals surface area contributed by atoms with Gasteiger partial charge in [0.15, 0.2) is 5.96 Å². The van der Waals surface area contributed by atoms with Gasteiger partial charge in [-0.1, -0.05) is 13.8 Å². The summed E-state index contributed by atoms with van der Waals surface area (Å²) in [5.74, 6) is 2.67. The maximum Gasteiger partial charge on any atom is 0.216 e. The third-order valence-electron chi connectivity index (χ3n) is 3.36. The van der Waals surface area contributed by atoms with Crippen molar-refractivity contribution in [2.75, 3.05) is 6.54 Å². The van der Waals surface area contributed by atoms with E-state index in [1.807, 2.05) is 20.8 Å². The van der Waals surface area contributed by atoms with E-state index in [4.69, 9.17) is 4.42 Å². The molecule has 2 aromatic rings. The molecule has 0 saturated heterocycles. The molecule has 0 spiro atoms. The Balaban J connectivity index is 1.95. The molecule has 2 heterocycles. The number of nitrogens with one attached hydrogen (secondary N) is 2. The van der Waals surface area contributed by atoms with E-state index >= 15 is 0 Å². The average Bonchev–Trinajstić information content (AvgIpc) is 3.10. The first-order valence-corrected chi connectivity index (χ1v) is 8.77. The number of thiazole rings is 1. The molecule has 0 aliphatic heterocycles. The lowest BCUT2D eigenvalue weighted by Gasteiger charge is -2.09. The summed E-state index contributed by atoms with van der Waals surface area (Å²) in [7, 11) is 0. The SMILES string of the molecule is CCNC(=NCc1nc(C)c(C)o1)NCc1nc(C(C)C)cs1. The molecule has 0 radical (unpaired) electrons. The van der Waals surface area contributed by atoms with E-state index < -0.39 is 0 Å². The molecule has 0 saturated carbocycles. The van der Waals surface area contributed by atoms with E-state index in [0.717, 1.165) is 34.7 Å². The van der Waals surface area contributed by atoms with Gasteiger partial charge in [-0.3, -0.25) is 0 Å². The first-order chi connectivity index (χ1) is 11.0. The minimum atomic E-state index is 0.416. The van der Waals surface area contributed by atoms with E-state index in [1.165, 1.54) is 0 Å². The predicted molar refractivity (Wildman–Crippen MR) is 93.8 cm³/mol. The number of guanidine groups is 1. The van der Waals surface area contributed by atoms with Gasteiger partial charge in [0.05, 0.1) is 17.9 Å². The monoisotopic (exact) mass is 335 g/mol. The molecule has 126 valence electrons. The van der Waals surface area contributed by atoms with E-state index in [9.17, 15) is 0 Å². The van der Waals surface area contributed by atoms with Crippen LogP contribution in [0.2, 0.25) is 0 Å². The van der Waals surface area contributed by atoms with Crippen LogP contribution in [0.15, 0.2) is 14.8 Å². The summed E-state index contributed by atoms with van der Waals surface area (Å²) in [6.07, 6.45) is 0. The summed E-state index contributed by atoms with van der Waals surface area (Å²) < 4.78 is 5.55. The van der Waals surface area contributed by atoms with Gasteiger partial charge in [-0.2, -0.15) is 0 Å². The molecule has 2 aromatic heterocycles. The molecule has 6 nitrogen and oxygen atoms in total.